The molecule has 7 nitrogen and oxygen atoms in total. The minimum absolute atomic E-state index is 0.238. The van der Waals surface area contributed by atoms with E-state index < -0.39 is 0 Å². The number of nitrogens with zero attached hydrogens (tertiary/aromatic N) is 6. The van der Waals surface area contributed by atoms with Crippen molar-refractivity contribution in [2.24, 2.45) is 0 Å². The predicted octanol–water partition coefficient (Wildman–Crippen LogP) is 0.843. The second kappa shape index (κ2) is 4.20. The maximum atomic E-state index is 5.49. The number of nitrogens with two attached hydrogens (primary N) is 1. The Hall–Kier alpha value is -1.44. The Labute approximate surface area is 101 Å². The second-order valence-electron chi connectivity index (χ2n) is 3.61. The van der Waals surface area contributed by atoms with Gasteiger partial charge in [-0.25, -0.2) is 14.3 Å². The molecule has 0 saturated heterocycles. The van der Waals surface area contributed by atoms with Crippen molar-refractivity contribution in [3.63, 3.8) is 0 Å². The summed E-state index contributed by atoms with van der Waals surface area (Å²) in [5.74, 6) is 1.06. The lowest BCUT2D eigenvalue weighted by Gasteiger charge is -2.09. The van der Waals surface area contributed by atoms with E-state index in [2.05, 4.69) is 36.1 Å². The summed E-state index contributed by atoms with van der Waals surface area (Å²) < 4.78 is 4.06. The van der Waals surface area contributed by atoms with E-state index in [0.29, 0.717) is 11.3 Å². The molecule has 2 N–H and O–H groups in total. The minimum Gasteiger partial charge on any atom is -0.366 e. The summed E-state index contributed by atoms with van der Waals surface area (Å²) in [6.07, 6.45) is 1.53. The van der Waals surface area contributed by atoms with E-state index in [-0.39, 0.29) is 12.0 Å². The highest BCUT2D eigenvalue weighted by Crippen LogP contribution is 2.11. The molecule has 0 spiro atoms. The first kappa shape index (κ1) is 11.1. The molecule has 2 aromatic rings. The fourth-order valence-corrected chi connectivity index (χ4v) is 1.78. The van der Waals surface area contributed by atoms with Gasteiger partial charge in [-0.2, -0.15) is 10.1 Å². The summed E-state index contributed by atoms with van der Waals surface area (Å²) in [7, 11) is 0. The van der Waals surface area contributed by atoms with Gasteiger partial charge in [0.15, 0.2) is 4.73 Å². The molecule has 0 bridgehead atoms. The number of aromatic nitrogens is 6. The molecule has 0 radical (unpaired) electrons. The average Bonchev–Trinajstić information content (AvgIpc) is 2.75. The fraction of sp³-hybridized carbons (Fsp3) is 0.500. The smallest absolute Gasteiger partial charge is 0.240 e. The van der Waals surface area contributed by atoms with Crippen LogP contribution in [0.15, 0.2) is 11.1 Å². The number of hydrogen-bond donors (Lipinski definition) is 1. The van der Waals surface area contributed by atoms with Crippen molar-refractivity contribution in [2.45, 2.75) is 26.4 Å². The third kappa shape index (κ3) is 2.06. The highest BCUT2D eigenvalue weighted by Gasteiger charge is 2.11. The van der Waals surface area contributed by atoms with Crippen LogP contribution in [0, 0.1) is 0 Å². The maximum absolute atomic E-state index is 5.49. The lowest BCUT2D eigenvalue weighted by Crippen LogP contribution is -2.13. The summed E-state index contributed by atoms with van der Waals surface area (Å²) >= 11 is 3.28. The summed E-state index contributed by atoms with van der Waals surface area (Å²) in [6.45, 7) is 4.58. The molecule has 0 atom stereocenters. The molecule has 0 aliphatic heterocycles. The number of rotatable bonds is 3. The molecule has 8 heteroatoms. The van der Waals surface area contributed by atoms with Gasteiger partial charge in [0.25, 0.3) is 0 Å². The van der Waals surface area contributed by atoms with E-state index in [9.17, 15) is 0 Å². The molecule has 86 valence electrons. The Bertz CT molecular complexity index is 486. The van der Waals surface area contributed by atoms with E-state index >= 15 is 0 Å². The van der Waals surface area contributed by atoms with Crippen LogP contribution in [0.25, 0.3) is 0 Å². The summed E-state index contributed by atoms with van der Waals surface area (Å²) in [5, 5.41) is 8.19. The fourth-order valence-electron chi connectivity index (χ4n) is 1.39. The Balaban J connectivity index is 2.27. The first-order valence-corrected chi connectivity index (χ1v) is 5.61. The van der Waals surface area contributed by atoms with Crippen LogP contribution in [0.1, 0.15) is 25.7 Å². The highest BCUT2D eigenvalue weighted by atomic mass is 79.9. The molecule has 0 fully saturated rings. The number of halogens is 1. The third-order valence-corrected chi connectivity index (χ3v) is 2.66. The molecular weight excluding hydrogens is 274 g/mol. The van der Waals surface area contributed by atoms with Crippen LogP contribution >= 0.6 is 15.9 Å². The third-order valence-electron chi connectivity index (χ3n) is 2.07. The highest BCUT2D eigenvalue weighted by molar-refractivity contribution is 9.10. The Morgan fingerprint density at radius 3 is 2.81 bits per heavy atom. The van der Waals surface area contributed by atoms with E-state index in [0.717, 1.165) is 5.82 Å². The zero-order valence-corrected chi connectivity index (χ0v) is 10.6. The largest absolute Gasteiger partial charge is 0.366 e. The molecule has 0 amide bonds. The van der Waals surface area contributed by atoms with Crippen molar-refractivity contribution < 1.29 is 0 Å². The van der Waals surface area contributed by atoms with Gasteiger partial charge in [0, 0.05) is 6.04 Å². The molecule has 2 heterocycles. The normalized spacial score (nSPS) is 11.2. The molecule has 2 rings (SSSR count). The quantitative estimate of drug-likeness (QED) is 0.903. The molecule has 2 aromatic heterocycles. The number of hydrogen-bond acceptors (Lipinski definition) is 5. The van der Waals surface area contributed by atoms with Gasteiger partial charge in [0.05, 0.1) is 0 Å². The Kier molecular flexibility index (Phi) is 2.90. The lowest BCUT2D eigenvalue weighted by atomic mass is 10.4. The van der Waals surface area contributed by atoms with Crippen LogP contribution in [0.4, 0.5) is 5.95 Å². The summed E-state index contributed by atoms with van der Waals surface area (Å²) in [5.41, 5.74) is 5.49. The Morgan fingerprint density at radius 2 is 2.25 bits per heavy atom. The van der Waals surface area contributed by atoms with Crippen LogP contribution in [-0.4, -0.2) is 29.5 Å². The van der Waals surface area contributed by atoms with Crippen LogP contribution in [0.5, 0.6) is 0 Å². The first-order chi connectivity index (χ1) is 7.58. The van der Waals surface area contributed by atoms with Gasteiger partial charge in [-0.15, -0.1) is 5.10 Å². The molecule has 0 aliphatic carbocycles. The van der Waals surface area contributed by atoms with Gasteiger partial charge in [0.1, 0.15) is 18.7 Å². The lowest BCUT2D eigenvalue weighted by molar-refractivity contribution is 0.486. The van der Waals surface area contributed by atoms with E-state index in [1.807, 2.05) is 18.5 Å². The molecule has 0 aromatic carbocycles. The van der Waals surface area contributed by atoms with Crippen molar-refractivity contribution in [2.75, 3.05) is 5.73 Å². The van der Waals surface area contributed by atoms with Crippen LogP contribution in [0.3, 0.4) is 0 Å². The van der Waals surface area contributed by atoms with E-state index in [1.165, 1.54) is 6.33 Å². The van der Waals surface area contributed by atoms with Crippen LogP contribution < -0.4 is 5.73 Å². The zero-order chi connectivity index (χ0) is 11.7. The van der Waals surface area contributed by atoms with Crippen molar-refractivity contribution >= 4 is 21.9 Å². The van der Waals surface area contributed by atoms with Crippen LogP contribution in [0.2, 0.25) is 0 Å². The van der Waals surface area contributed by atoms with Gasteiger partial charge < -0.3 is 5.73 Å². The second-order valence-corrected chi connectivity index (χ2v) is 4.32. The number of nitrogen functional groups attached to an aromatic ring is 1. The van der Waals surface area contributed by atoms with E-state index in [4.69, 9.17) is 5.73 Å². The number of anilines is 1. The summed E-state index contributed by atoms with van der Waals surface area (Å²) in [4.78, 5) is 8.14. The predicted molar refractivity (Wildman–Crippen MR) is 61.6 cm³/mol. The molecule has 16 heavy (non-hydrogen) atoms. The minimum atomic E-state index is 0.238. The Morgan fingerprint density at radius 1 is 1.50 bits per heavy atom. The standard InChI is InChI=1S/C8H12BrN7/c1-5(2)16-6(11-4-12-16)3-15-7(9)13-8(10)14-15/h4-5H,3H2,1-2H3,(H2,10,14). The first-order valence-electron chi connectivity index (χ1n) is 4.82. The average molecular weight is 286 g/mol. The van der Waals surface area contributed by atoms with Crippen molar-refractivity contribution in [1.82, 2.24) is 29.5 Å². The topological polar surface area (TPSA) is 87.4 Å². The van der Waals surface area contributed by atoms with Crippen molar-refractivity contribution in [3.8, 4) is 0 Å². The van der Waals surface area contributed by atoms with Gasteiger partial charge in [-0.1, -0.05) is 0 Å². The summed E-state index contributed by atoms with van der Waals surface area (Å²) in [6, 6.07) is 0.261. The maximum Gasteiger partial charge on any atom is 0.240 e. The monoisotopic (exact) mass is 285 g/mol. The SMILES string of the molecule is CC(C)n1ncnc1Cn1nc(N)nc1Br. The van der Waals surface area contributed by atoms with Gasteiger partial charge in [-0.3, -0.25) is 0 Å². The zero-order valence-electron chi connectivity index (χ0n) is 9.00. The van der Waals surface area contributed by atoms with Crippen molar-refractivity contribution in [3.05, 3.63) is 16.9 Å². The van der Waals surface area contributed by atoms with Gasteiger partial charge >= 0.3 is 0 Å². The van der Waals surface area contributed by atoms with Gasteiger partial charge in [0.2, 0.25) is 5.95 Å². The molecule has 0 aliphatic rings. The molecule has 0 saturated carbocycles. The van der Waals surface area contributed by atoms with E-state index in [1.54, 1.807) is 4.68 Å². The van der Waals surface area contributed by atoms with Gasteiger partial charge in [-0.05, 0) is 29.8 Å². The molecular formula is C8H12BrN7. The molecule has 0 unspecified atom stereocenters. The van der Waals surface area contributed by atoms with Crippen molar-refractivity contribution in [1.29, 1.82) is 0 Å². The van der Waals surface area contributed by atoms with Crippen LogP contribution in [-0.2, 0) is 6.54 Å².